The Labute approximate surface area is 126 Å². The second-order valence-electron chi connectivity index (χ2n) is 4.84. The van der Waals surface area contributed by atoms with Crippen LogP contribution in [0.25, 0.3) is 0 Å². The number of hydrogen-bond donors (Lipinski definition) is 1. The van der Waals surface area contributed by atoms with Gasteiger partial charge in [0, 0.05) is 12.1 Å². The van der Waals surface area contributed by atoms with Gasteiger partial charge in [-0.05, 0) is 30.5 Å². The summed E-state index contributed by atoms with van der Waals surface area (Å²) in [6, 6.07) is 14.3. The molecule has 0 amide bonds. The molecule has 2 aromatic carbocycles. The maximum atomic E-state index is 5.97. The van der Waals surface area contributed by atoms with Gasteiger partial charge >= 0.3 is 0 Å². The third kappa shape index (κ3) is 3.99. The maximum Gasteiger partial charge on any atom is 0.166 e. The highest BCUT2D eigenvalue weighted by Gasteiger charge is 2.10. The molecule has 112 valence electrons. The van der Waals surface area contributed by atoms with Crippen LogP contribution in [0.15, 0.2) is 42.5 Å². The van der Waals surface area contributed by atoms with Gasteiger partial charge in [-0.1, -0.05) is 43.3 Å². The molecule has 0 saturated carbocycles. The zero-order chi connectivity index (χ0) is 15.1. The topological polar surface area (TPSA) is 44.5 Å². The van der Waals surface area contributed by atoms with Crippen molar-refractivity contribution in [2.24, 2.45) is 5.73 Å². The maximum absolute atomic E-state index is 5.97. The molecule has 2 aromatic rings. The molecule has 0 spiro atoms. The predicted molar refractivity (Wildman–Crippen MR) is 85.7 cm³/mol. The zero-order valence-corrected chi connectivity index (χ0v) is 12.8. The van der Waals surface area contributed by atoms with E-state index in [4.69, 9.17) is 15.2 Å². The Balaban J connectivity index is 2.13. The van der Waals surface area contributed by atoms with Crippen LogP contribution >= 0.6 is 0 Å². The van der Waals surface area contributed by atoms with Gasteiger partial charge in [-0.2, -0.15) is 0 Å². The van der Waals surface area contributed by atoms with E-state index in [2.05, 4.69) is 31.2 Å². The minimum atomic E-state index is 0.436. The predicted octanol–water partition coefficient (Wildman–Crippen LogP) is 3.69. The average molecular weight is 285 g/mol. The summed E-state index contributed by atoms with van der Waals surface area (Å²) in [5.41, 5.74) is 9.22. The first kappa shape index (κ1) is 15.4. The van der Waals surface area contributed by atoms with E-state index in [9.17, 15) is 0 Å². The van der Waals surface area contributed by atoms with Crippen molar-refractivity contribution in [2.45, 2.75) is 33.4 Å². The number of nitrogens with two attached hydrogens (primary N) is 1. The fourth-order valence-electron chi connectivity index (χ4n) is 2.18. The third-order valence-corrected chi connectivity index (χ3v) is 3.39. The van der Waals surface area contributed by atoms with Crippen molar-refractivity contribution in [1.82, 2.24) is 0 Å². The van der Waals surface area contributed by atoms with Crippen molar-refractivity contribution in [3.63, 3.8) is 0 Å². The monoisotopic (exact) mass is 285 g/mol. The summed E-state index contributed by atoms with van der Waals surface area (Å²) in [7, 11) is 0. The Morgan fingerprint density at radius 3 is 2.24 bits per heavy atom. The molecule has 0 unspecified atom stereocenters. The van der Waals surface area contributed by atoms with Gasteiger partial charge in [0.15, 0.2) is 11.5 Å². The molecule has 0 aliphatic carbocycles. The van der Waals surface area contributed by atoms with Crippen LogP contribution in [0, 0.1) is 0 Å². The highest BCUT2D eigenvalue weighted by Crippen LogP contribution is 2.31. The molecular weight excluding hydrogens is 262 g/mol. The van der Waals surface area contributed by atoms with Gasteiger partial charge in [0.25, 0.3) is 0 Å². The van der Waals surface area contributed by atoms with Gasteiger partial charge in [-0.15, -0.1) is 0 Å². The largest absolute Gasteiger partial charge is 0.490 e. The highest BCUT2D eigenvalue weighted by atomic mass is 16.5. The molecule has 0 saturated heterocycles. The molecular formula is C18H23NO2. The van der Waals surface area contributed by atoms with E-state index >= 15 is 0 Å². The van der Waals surface area contributed by atoms with E-state index in [-0.39, 0.29) is 0 Å². The SMILES string of the molecule is CCOc1cccc(CN)c1OCc1ccc(CC)cc1. The Morgan fingerprint density at radius 2 is 1.62 bits per heavy atom. The van der Waals surface area contributed by atoms with E-state index in [0.717, 1.165) is 29.0 Å². The van der Waals surface area contributed by atoms with Crippen LogP contribution in [0.2, 0.25) is 0 Å². The molecule has 3 nitrogen and oxygen atoms in total. The number of benzene rings is 2. The van der Waals surface area contributed by atoms with Crippen molar-refractivity contribution in [2.75, 3.05) is 6.61 Å². The zero-order valence-electron chi connectivity index (χ0n) is 12.8. The van der Waals surface area contributed by atoms with Crippen molar-refractivity contribution in [1.29, 1.82) is 0 Å². The normalized spacial score (nSPS) is 10.4. The lowest BCUT2D eigenvalue weighted by Crippen LogP contribution is -2.05. The summed E-state index contributed by atoms with van der Waals surface area (Å²) >= 11 is 0. The molecule has 0 radical (unpaired) electrons. The summed E-state index contributed by atoms with van der Waals surface area (Å²) in [4.78, 5) is 0. The second kappa shape index (κ2) is 7.70. The second-order valence-corrected chi connectivity index (χ2v) is 4.84. The van der Waals surface area contributed by atoms with Crippen molar-refractivity contribution >= 4 is 0 Å². The summed E-state index contributed by atoms with van der Waals surface area (Å²) in [5.74, 6) is 1.51. The average Bonchev–Trinajstić information content (AvgIpc) is 2.54. The first-order valence-corrected chi connectivity index (χ1v) is 7.43. The van der Waals surface area contributed by atoms with Crippen LogP contribution in [0.4, 0.5) is 0 Å². The van der Waals surface area contributed by atoms with Gasteiger partial charge in [0.2, 0.25) is 0 Å². The summed E-state index contributed by atoms with van der Waals surface area (Å²) in [5, 5.41) is 0. The van der Waals surface area contributed by atoms with Gasteiger partial charge < -0.3 is 15.2 Å². The Bertz CT molecular complexity index is 564. The van der Waals surface area contributed by atoms with Crippen molar-refractivity contribution in [3.05, 3.63) is 59.2 Å². The van der Waals surface area contributed by atoms with Gasteiger partial charge in [-0.25, -0.2) is 0 Å². The van der Waals surface area contributed by atoms with E-state index in [1.165, 1.54) is 5.56 Å². The first-order chi connectivity index (χ1) is 10.3. The molecule has 0 heterocycles. The van der Waals surface area contributed by atoms with E-state index in [1.807, 2.05) is 25.1 Å². The fraction of sp³-hybridized carbons (Fsp3) is 0.333. The van der Waals surface area contributed by atoms with Crippen LogP contribution in [0.5, 0.6) is 11.5 Å². The molecule has 3 heteroatoms. The van der Waals surface area contributed by atoms with Crippen LogP contribution in [0.3, 0.4) is 0 Å². The molecule has 21 heavy (non-hydrogen) atoms. The van der Waals surface area contributed by atoms with Crippen LogP contribution in [-0.2, 0) is 19.6 Å². The molecule has 0 bridgehead atoms. The Hall–Kier alpha value is -2.00. The molecule has 0 aliphatic heterocycles. The third-order valence-electron chi connectivity index (χ3n) is 3.39. The highest BCUT2D eigenvalue weighted by molar-refractivity contribution is 5.46. The number of para-hydroxylation sites is 1. The van der Waals surface area contributed by atoms with Crippen molar-refractivity contribution < 1.29 is 9.47 Å². The molecule has 0 atom stereocenters. The van der Waals surface area contributed by atoms with E-state index < -0.39 is 0 Å². The minimum absolute atomic E-state index is 0.436. The van der Waals surface area contributed by atoms with Gasteiger partial charge in [0.1, 0.15) is 6.61 Å². The van der Waals surface area contributed by atoms with E-state index in [1.54, 1.807) is 0 Å². The van der Waals surface area contributed by atoms with Crippen LogP contribution < -0.4 is 15.2 Å². The number of rotatable bonds is 7. The van der Waals surface area contributed by atoms with Gasteiger partial charge in [0.05, 0.1) is 6.61 Å². The number of aryl methyl sites for hydroxylation is 1. The Morgan fingerprint density at radius 1 is 0.905 bits per heavy atom. The summed E-state index contributed by atoms with van der Waals surface area (Å²) < 4.78 is 11.6. The van der Waals surface area contributed by atoms with Gasteiger partial charge in [-0.3, -0.25) is 0 Å². The molecule has 0 aliphatic rings. The molecule has 0 fully saturated rings. The lowest BCUT2D eigenvalue weighted by atomic mass is 10.1. The van der Waals surface area contributed by atoms with Crippen LogP contribution in [-0.4, -0.2) is 6.61 Å². The number of ether oxygens (including phenoxy) is 2. The fourth-order valence-corrected chi connectivity index (χ4v) is 2.18. The van der Waals surface area contributed by atoms with E-state index in [0.29, 0.717) is 19.8 Å². The molecule has 2 rings (SSSR count). The summed E-state index contributed by atoms with van der Waals surface area (Å²) in [6.45, 7) is 5.67. The molecule has 2 N–H and O–H groups in total. The van der Waals surface area contributed by atoms with Crippen LogP contribution in [0.1, 0.15) is 30.5 Å². The molecule has 0 aromatic heterocycles. The Kier molecular flexibility index (Phi) is 5.64. The number of hydrogen-bond acceptors (Lipinski definition) is 3. The summed E-state index contributed by atoms with van der Waals surface area (Å²) in [6.07, 6.45) is 1.05. The lowest BCUT2D eigenvalue weighted by molar-refractivity contribution is 0.266. The lowest BCUT2D eigenvalue weighted by Gasteiger charge is -2.15. The standard InChI is InChI=1S/C18H23NO2/c1-3-14-8-10-15(11-9-14)13-21-18-16(12-19)6-5-7-17(18)20-4-2/h5-11H,3-4,12-13,19H2,1-2H3. The smallest absolute Gasteiger partial charge is 0.166 e. The van der Waals surface area contributed by atoms with Crippen molar-refractivity contribution in [3.8, 4) is 11.5 Å². The first-order valence-electron chi connectivity index (χ1n) is 7.43. The minimum Gasteiger partial charge on any atom is -0.490 e. The quantitative estimate of drug-likeness (QED) is 0.844.